The molecule has 0 aromatic heterocycles. The molecule has 3 fully saturated rings. The molecule has 0 unspecified atom stereocenters. The maximum Gasteiger partial charge on any atom is 0.246 e. The van der Waals surface area contributed by atoms with Gasteiger partial charge in [0.1, 0.15) is 5.54 Å². The molecular formula is C28H40N2O2. The van der Waals surface area contributed by atoms with Gasteiger partial charge in [0.25, 0.3) is 0 Å². The number of carbonyl (C=O) groups is 2. The zero-order valence-corrected chi connectivity index (χ0v) is 19.9. The van der Waals surface area contributed by atoms with Gasteiger partial charge >= 0.3 is 0 Å². The highest BCUT2D eigenvalue weighted by atomic mass is 16.2. The van der Waals surface area contributed by atoms with Crippen molar-refractivity contribution in [3.8, 4) is 0 Å². The topological polar surface area (TPSA) is 49.4 Å². The number of carbonyl (C=O) groups excluding carboxylic acids is 2. The van der Waals surface area contributed by atoms with Crippen molar-refractivity contribution in [2.24, 2.45) is 23.7 Å². The number of hydrogen-bond acceptors (Lipinski definition) is 2. The van der Waals surface area contributed by atoms with Crippen LogP contribution >= 0.6 is 0 Å². The van der Waals surface area contributed by atoms with Crippen LogP contribution in [0.1, 0.15) is 82.8 Å². The molecule has 1 aromatic rings. The van der Waals surface area contributed by atoms with Gasteiger partial charge in [-0.05, 0) is 86.2 Å². The van der Waals surface area contributed by atoms with Crippen molar-refractivity contribution in [3.63, 3.8) is 0 Å². The fourth-order valence-corrected chi connectivity index (χ4v) is 7.37. The van der Waals surface area contributed by atoms with E-state index in [9.17, 15) is 9.59 Å². The Labute approximate surface area is 193 Å². The van der Waals surface area contributed by atoms with E-state index in [0.717, 1.165) is 57.9 Å². The number of likely N-dealkylation sites (tertiary alicyclic amines) is 1. The van der Waals surface area contributed by atoms with Crippen LogP contribution in [0.4, 0.5) is 0 Å². The average molecular weight is 437 g/mol. The van der Waals surface area contributed by atoms with Crippen molar-refractivity contribution in [3.05, 3.63) is 35.4 Å². The standard InChI is InChI=1S/C28H40N2O2/c1-19(2)13-20-14-26(31)30(18-20)28(27(32)29-25-9-5-6-10-25)12-11-23-15-21-7-3-4-8-22(21)16-24(23)17-28/h3-4,7-8,19-20,23-25H,5-6,9-18H2,1-2H3,(H,29,32)/t20-,23+,24+,28-/m0/s1. The highest BCUT2D eigenvalue weighted by Gasteiger charge is 2.54. The van der Waals surface area contributed by atoms with Gasteiger partial charge in [0.05, 0.1) is 0 Å². The number of fused-ring (bicyclic) bond motifs is 2. The molecule has 0 spiro atoms. The number of nitrogens with zero attached hydrogens (tertiary/aromatic N) is 1. The molecule has 1 N–H and O–H groups in total. The van der Waals surface area contributed by atoms with E-state index in [1.165, 1.54) is 24.0 Å². The van der Waals surface area contributed by atoms with Crippen molar-refractivity contribution in [2.45, 2.75) is 96.1 Å². The van der Waals surface area contributed by atoms with Crippen LogP contribution in [-0.2, 0) is 22.4 Å². The highest BCUT2D eigenvalue weighted by molar-refractivity contribution is 5.92. The Bertz CT molecular complexity index is 859. The minimum atomic E-state index is -0.640. The number of amides is 2. The predicted octanol–water partition coefficient (Wildman–Crippen LogP) is 4.89. The fraction of sp³-hybridized carbons (Fsp3) is 0.714. The van der Waals surface area contributed by atoms with Crippen molar-refractivity contribution in [2.75, 3.05) is 6.54 Å². The molecule has 5 rings (SSSR count). The summed E-state index contributed by atoms with van der Waals surface area (Å²) in [6, 6.07) is 9.14. The largest absolute Gasteiger partial charge is 0.351 e. The third-order valence-electron chi connectivity index (χ3n) is 8.92. The van der Waals surface area contributed by atoms with E-state index in [-0.39, 0.29) is 11.8 Å². The molecule has 4 atom stereocenters. The molecular weight excluding hydrogens is 396 g/mol. The Morgan fingerprint density at radius 1 is 1.06 bits per heavy atom. The second-order valence-corrected chi connectivity index (χ2v) is 11.6. The van der Waals surface area contributed by atoms with Crippen molar-refractivity contribution in [1.29, 1.82) is 0 Å². The van der Waals surface area contributed by atoms with Crippen LogP contribution in [0, 0.1) is 23.7 Å². The minimum Gasteiger partial charge on any atom is -0.351 e. The molecule has 0 bridgehead atoms. The molecule has 1 saturated heterocycles. The van der Waals surface area contributed by atoms with Gasteiger partial charge in [0.15, 0.2) is 0 Å². The third-order valence-corrected chi connectivity index (χ3v) is 8.92. The van der Waals surface area contributed by atoms with E-state index < -0.39 is 5.54 Å². The van der Waals surface area contributed by atoms with Gasteiger partial charge in [0, 0.05) is 19.0 Å². The Kier molecular flexibility index (Phi) is 6.07. The van der Waals surface area contributed by atoms with Gasteiger partial charge in [-0.1, -0.05) is 51.0 Å². The summed E-state index contributed by atoms with van der Waals surface area (Å²) in [5.74, 6) is 2.48. The molecule has 1 heterocycles. The summed E-state index contributed by atoms with van der Waals surface area (Å²) in [6.07, 6.45) is 11.2. The van der Waals surface area contributed by atoms with Crippen LogP contribution in [-0.4, -0.2) is 34.8 Å². The molecule has 2 amide bonds. The molecule has 4 nitrogen and oxygen atoms in total. The van der Waals surface area contributed by atoms with E-state index in [0.29, 0.717) is 36.1 Å². The van der Waals surface area contributed by atoms with Crippen LogP contribution in [0.15, 0.2) is 24.3 Å². The summed E-state index contributed by atoms with van der Waals surface area (Å²) in [4.78, 5) is 29.3. The van der Waals surface area contributed by atoms with Crippen molar-refractivity contribution < 1.29 is 9.59 Å². The zero-order chi connectivity index (χ0) is 22.3. The molecule has 2 saturated carbocycles. The first-order valence-corrected chi connectivity index (χ1v) is 13.1. The molecule has 0 radical (unpaired) electrons. The number of benzene rings is 1. The molecule has 4 heteroatoms. The third kappa shape index (κ3) is 4.10. The predicted molar refractivity (Wildman–Crippen MR) is 127 cm³/mol. The lowest BCUT2D eigenvalue weighted by molar-refractivity contribution is -0.150. The Hall–Kier alpha value is -1.84. The summed E-state index contributed by atoms with van der Waals surface area (Å²) in [5.41, 5.74) is 2.30. The van der Waals surface area contributed by atoms with E-state index in [4.69, 9.17) is 0 Å². The average Bonchev–Trinajstić information content (AvgIpc) is 3.41. The summed E-state index contributed by atoms with van der Waals surface area (Å²) in [6.45, 7) is 5.24. The normalized spacial score (nSPS) is 32.8. The number of nitrogens with one attached hydrogen (secondary N) is 1. The van der Waals surface area contributed by atoms with Crippen molar-refractivity contribution in [1.82, 2.24) is 10.2 Å². The maximum atomic E-state index is 14.0. The van der Waals surface area contributed by atoms with Gasteiger partial charge in [-0.25, -0.2) is 0 Å². The second kappa shape index (κ2) is 8.83. The van der Waals surface area contributed by atoms with Gasteiger partial charge in [-0.3, -0.25) is 9.59 Å². The fourth-order valence-electron chi connectivity index (χ4n) is 7.37. The van der Waals surface area contributed by atoms with Crippen LogP contribution in [0.25, 0.3) is 0 Å². The summed E-state index contributed by atoms with van der Waals surface area (Å²) in [5, 5.41) is 3.42. The van der Waals surface area contributed by atoms with Gasteiger partial charge in [-0.2, -0.15) is 0 Å². The van der Waals surface area contributed by atoms with E-state index in [1.54, 1.807) is 0 Å². The van der Waals surface area contributed by atoms with Crippen molar-refractivity contribution >= 4 is 11.8 Å². The molecule has 1 aromatic carbocycles. The molecule has 32 heavy (non-hydrogen) atoms. The molecule has 4 aliphatic rings. The van der Waals surface area contributed by atoms with Crippen LogP contribution in [0.3, 0.4) is 0 Å². The SMILES string of the molecule is CC(C)C[C@H]1CC(=O)N([C@@]2(C(=O)NC3CCCC3)CC[C@@H]3Cc4ccccc4C[C@@H]3C2)C1. The molecule has 3 aliphatic carbocycles. The van der Waals surface area contributed by atoms with Crippen LogP contribution in [0.2, 0.25) is 0 Å². The van der Waals surface area contributed by atoms with E-state index in [2.05, 4.69) is 48.3 Å². The minimum absolute atomic E-state index is 0.153. The summed E-state index contributed by atoms with van der Waals surface area (Å²) < 4.78 is 0. The molecule has 1 aliphatic heterocycles. The number of rotatable bonds is 5. The van der Waals surface area contributed by atoms with E-state index >= 15 is 0 Å². The lowest BCUT2D eigenvalue weighted by Gasteiger charge is -2.50. The second-order valence-electron chi connectivity index (χ2n) is 11.6. The van der Waals surface area contributed by atoms with E-state index in [1.807, 2.05) is 0 Å². The monoisotopic (exact) mass is 436 g/mol. The lowest BCUT2D eigenvalue weighted by Crippen LogP contribution is -2.63. The Morgan fingerprint density at radius 3 is 2.44 bits per heavy atom. The van der Waals surface area contributed by atoms with Gasteiger partial charge in [-0.15, -0.1) is 0 Å². The first kappa shape index (κ1) is 22.0. The number of hydrogen-bond donors (Lipinski definition) is 1. The Balaban J connectivity index is 1.42. The van der Waals surface area contributed by atoms with Gasteiger partial charge < -0.3 is 10.2 Å². The summed E-state index contributed by atoms with van der Waals surface area (Å²) >= 11 is 0. The Morgan fingerprint density at radius 2 is 1.75 bits per heavy atom. The quantitative estimate of drug-likeness (QED) is 0.714. The first-order chi connectivity index (χ1) is 15.4. The van der Waals surface area contributed by atoms with Crippen LogP contribution in [0.5, 0.6) is 0 Å². The summed E-state index contributed by atoms with van der Waals surface area (Å²) in [7, 11) is 0. The zero-order valence-electron chi connectivity index (χ0n) is 19.9. The van der Waals surface area contributed by atoms with Gasteiger partial charge in [0.2, 0.25) is 11.8 Å². The first-order valence-electron chi connectivity index (χ1n) is 13.1. The lowest BCUT2D eigenvalue weighted by atomic mass is 9.62. The molecule has 174 valence electrons. The highest BCUT2D eigenvalue weighted by Crippen LogP contribution is 2.48. The smallest absolute Gasteiger partial charge is 0.246 e. The van der Waals surface area contributed by atoms with Crippen LogP contribution < -0.4 is 5.32 Å². The maximum absolute atomic E-state index is 14.0.